The first-order valence-corrected chi connectivity index (χ1v) is 4.23. The van der Waals surface area contributed by atoms with Gasteiger partial charge in [0, 0.05) is 12.2 Å². The minimum atomic E-state index is 0.0219. The van der Waals surface area contributed by atoms with E-state index in [9.17, 15) is 0 Å². The lowest BCUT2D eigenvalue weighted by Crippen LogP contribution is -2.22. The number of aromatic nitrogens is 2. The van der Waals surface area contributed by atoms with Crippen molar-refractivity contribution >= 4 is 0 Å². The van der Waals surface area contributed by atoms with E-state index in [2.05, 4.69) is 25.9 Å². The fourth-order valence-corrected chi connectivity index (χ4v) is 0.954. The molecular weight excluding hydrogens is 150 g/mol. The Morgan fingerprint density at radius 3 is 2.33 bits per heavy atom. The lowest BCUT2D eigenvalue weighted by Gasteiger charge is -2.19. The molecule has 0 radical (unpaired) electrons. The van der Waals surface area contributed by atoms with Gasteiger partial charge < -0.3 is 5.73 Å². The molecule has 0 aliphatic heterocycles. The van der Waals surface area contributed by atoms with E-state index < -0.39 is 0 Å². The molecule has 1 rings (SSSR count). The minimum Gasteiger partial charge on any atom is -0.323 e. The van der Waals surface area contributed by atoms with Crippen LogP contribution in [-0.4, -0.2) is 9.78 Å². The summed E-state index contributed by atoms with van der Waals surface area (Å²) in [6, 6.07) is 1.99. The van der Waals surface area contributed by atoms with Crippen LogP contribution in [0.2, 0.25) is 0 Å². The molecule has 3 nitrogen and oxygen atoms in total. The maximum atomic E-state index is 5.69. The molecule has 0 aromatic carbocycles. The summed E-state index contributed by atoms with van der Waals surface area (Å²) in [4.78, 5) is 0. The predicted molar refractivity (Wildman–Crippen MR) is 49.8 cm³/mol. The Labute approximate surface area is 73.6 Å². The number of nitrogens with two attached hydrogens (primary N) is 1. The molecule has 1 heterocycles. The fraction of sp³-hybridized carbons (Fsp3) is 0.667. The number of nitrogens with zero attached hydrogens (tertiary/aromatic N) is 2. The second-order valence-electron chi connectivity index (χ2n) is 4.14. The van der Waals surface area contributed by atoms with Crippen LogP contribution < -0.4 is 5.73 Å². The quantitative estimate of drug-likeness (QED) is 0.691. The summed E-state index contributed by atoms with van der Waals surface area (Å²) < 4.78 is 1.94. The van der Waals surface area contributed by atoms with Crippen molar-refractivity contribution in [3.05, 3.63) is 18.0 Å². The van der Waals surface area contributed by atoms with Gasteiger partial charge in [-0.1, -0.05) is 0 Å². The van der Waals surface area contributed by atoms with E-state index in [1.54, 1.807) is 0 Å². The van der Waals surface area contributed by atoms with Crippen molar-refractivity contribution in [2.24, 2.45) is 5.73 Å². The van der Waals surface area contributed by atoms with Crippen molar-refractivity contribution in [3.8, 4) is 0 Å². The van der Waals surface area contributed by atoms with Gasteiger partial charge in [0.15, 0.2) is 0 Å². The standard InChI is InChI=1S/C9H17N3/c1-7(10)8-5-6-12(11-8)9(2,3)4/h5-7H,10H2,1-4H3. The molecule has 3 heteroatoms. The second kappa shape index (κ2) is 2.90. The van der Waals surface area contributed by atoms with E-state index in [1.807, 2.05) is 23.9 Å². The van der Waals surface area contributed by atoms with Gasteiger partial charge >= 0.3 is 0 Å². The molecular formula is C9H17N3. The first kappa shape index (κ1) is 9.26. The van der Waals surface area contributed by atoms with Crippen LogP contribution >= 0.6 is 0 Å². The zero-order valence-corrected chi connectivity index (χ0v) is 8.20. The number of rotatable bonds is 1. The Bertz CT molecular complexity index is 255. The minimum absolute atomic E-state index is 0.0219. The fourth-order valence-electron chi connectivity index (χ4n) is 0.954. The number of hydrogen-bond donors (Lipinski definition) is 1. The predicted octanol–water partition coefficient (Wildman–Crippen LogP) is 1.66. The second-order valence-corrected chi connectivity index (χ2v) is 4.14. The van der Waals surface area contributed by atoms with E-state index in [0.717, 1.165) is 5.69 Å². The molecule has 0 amide bonds. The molecule has 0 aliphatic rings. The van der Waals surface area contributed by atoms with Gasteiger partial charge in [0.1, 0.15) is 0 Å². The Kier molecular flexibility index (Phi) is 2.24. The molecule has 1 unspecified atom stereocenters. The van der Waals surface area contributed by atoms with Gasteiger partial charge in [0.05, 0.1) is 11.2 Å². The van der Waals surface area contributed by atoms with Gasteiger partial charge in [-0.3, -0.25) is 4.68 Å². The van der Waals surface area contributed by atoms with Crippen molar-refractivity contribution in [3.63, 3.8) is 0 Å². The monoisotopic (exact) mass is 167 g/mol. The summed E-state index contributed by atoms with van der Waals surface area (Å²) >= 11 is 0. The molecule has 1 aromatic heterocycles. The Morgan fingerprint density at radius 2 is 2.08 bits per heavy atom. The highest BCUT2D eigenvalue weighted by Crippen LogP contribution is 2.14. The summed E-state index contributed by atoms with van der Waals surface area (Å²) in [5.41, 5.74) is 6.69. The summed E-state index contributed by atoms with van der Waals surface area (Å²) in [5.74, 6) is 0. The van der Waals surface area contributed by atoms with Crippen LogP contribution in [-0.2, 0) is 5.54 Å². The molecule has 0 fully saturated rings. The molecule has 0 bridgehead atoms. The van der Waals surface area contributed by atoms with E-state index in [1.165, 1.54) is 0 Å². The van der Waals surface area contributed by atoms with Crippen molar-refractivity contribution in [2.75, 3.05) is 0 Å². The van der Waals surface area contributed by atoms with Crippen molar-refractivity contribution < 1.29 is 0 Å². The molecule has 2 N–H and O–H groups in total. The van der Waals surface area contributed by atoms with Gasteiger partial charge in [-0.15, -0.1) is 0 Å². The third kappa shape index (κ3) is 1.85. The van der Waals surface area contributed by atoms with Gasteiger partial charge in [-0.05, 0) is 33.8 Å². The summed E-state index contributed by atoms with van der Waals surface area (Å²) in [6.45, 7) is 8.29. The maximum absolute atomic E-state index is 5.69. The molecule has 0 saturated carbocycles. The average molecular weight is 167 g/mol. The Hall–Kier alpha value is -0.830. The van der Waals surface area contributed by atoms with Gasteiger partial charge in [0.2, 0.25) is 0 Å². The molecule has 12 heavy (non-hydrogen) atoms. The smallest absolute Gasteiger partial charge is 0.0789 e. The van der Waals surface area contributed by atoms with E-state index >= 15 is 0 Å². The lowest BCUT2D eigenvalue weighted by molar-refractivity contribution is 0.352. The van der Waals surface area contributed by atoms with E-state index in [4.69, 9.17) is 5.73 Å². The van der Waals surface area contributed by atoms with Crippen LogP contribution in [0.4, 0.5) is 0 Å². The molecule has 1 aromatic rings. The Morgan fingerprint density at radius 1 is 1.50 bits per heavy atom. The molecule has 0 spiro atoms. The summed E-state index contributed by atoms with van der Waals surface area (Å²) in [5, 5.41) is 4.37. The zero-order chi connectivity index (χ0) is 9.35. The molecule has 0 saturated heterocycles. The number of hydrogen-bond acceptors (Lipinski definition) is 2. The topological polar surface area (TPSA) is 43.8 Å². The highest BCUT2D eigenvalue weighted by Gasteiger charge is 2.14. The SMILES string of the molecule is CC(N)c1ccn(C(C)(C)C)n1. The van der Waals surface area contributed by atoms with E-state index in [-0.39, 0.29) is 11.6 Å². The molecule has 1 atom stereocenters. The maximum Gasteiger partial charge on any atom is 0.0789 e. The molecule has 68 valence electrons. The van der Waals surface area contributed by atoms with Crippen LogP contribution in [0.5, 0.6) is 0 Å². The normalized spacial score (nSPS) is 14.8. The van der Waals surface area contributed by atoms with E-state index in [0.29, 0.717) is 0 Å². The van der Waals surface area contributed by atoms with Crippen molar-refractivity contribution in [1.29, 1.82) is 0 Å². The van der Waals surface area contributed by atoms with Crippen LogP contribution in [0.15, 0.2) is 12.3 Å². The highest BCUT2D eigenvalue weighted by molar-refractivity contribution is 5.04. The largest absolute Gasteiger partial charge is 0.323 e. The van der Waals surface area contributed by atoms with Crippen LogP contribution in [0.3, 0.4) is 0 Å². The van der Waals surface area contributed by atoms with Gasteiger partial charge in [-0.2, -0.15) is 5.10 Å². The van der Waals surface area contributed by atoms with Crippen LogP contribution in [0.1, 0.15) is 39.4 Å². The average Bonchev–Trinajstić information content (AvgIpc) is 2.30. The summed E-state index contributed by atoms with van der Waals surface area (Å²) in [6.07, 6.45) is 1.97. The summed E-state index contributed by atoms with van der Waals surface area (Å²) in [7, 11) is 0. The zero-order valence-electron chi connectivity index (χ0n) is 8.20. The first-order valence-electron chi connectivity index (χ1n) is 4.23. The molecule has 0 aliphatic carbocycles. The lowest BCUT2D eigenvalue weighted by atomic mass is 10.1. The van der Waals surface area contributed by atoms with Crippen molar-refractivity contribution in [1.82, 2.24) is 9.78 Å². The third-order valence-corrected chi connectivity index (χ3v) is 1.76. The van der Waals surface area contributed by atoms with Crippen LogP contribution in [0.25, 0.3) is 0 Å². The first-order chi connectivity index (χ1) is 5.41. The van der Waals surface area contributed by atoms with Crippen LogP contribution in [0, 0.1) is 0 Å². The highest BCUT2D eigenvalue weighted by atomic mass is 15.3. The van der Waals surface area contributed by atoms with Gasteiger partial charge in [0.25, 0.3) is 0 Å². The third-order valence-electron chi connectivity index (χ3n) is 1.76. The van der Waals surface area contributed by atoms with Crippen molar-refractivity contribution in [2.45, 2.75) is 39.3 Å². The Balaban J connectivity index is 2.92. The van der Waals surface area contributed by atoms with Gasteiger partial charge in [-0.25, -0.2) is 0 Å².